The van der Waals surface area contributed by atoms with E-state index in [0.29, 0.717) is 15.5 Å². The zero-order chi connectivity index (χ0) is 18.6. The molecular formula is C17H15N3O3S3. The number of nitrogens with two attached hydrogens (primary N) is 1. The van der Waals surface area contributed by atoms with Gasteiger partial charge in [-0.3, -0.25) is 4.79 Å². The molecule has 0 atom stereocenters. The van der Waals surface area contributed by atoms with E-state index in [9.17, 15) is 13.2 Å². The molecule has 3 rings (SSSR count). The van der Waals surface area contributed by atoms with Gasteiger partial charge in [0.1, 0.15) is 9.24 Å². The van der Waals surface area contributed by atoms with Crippen LogP contribution < -0.4 is 10.5 Å². The summed E-state index contributed by atoms with van der Waals surface area (Å²) in [6.45, 7) is 0.212. The quantitative estimate of drug-likeness (QED) is 0.656. The fourth-order valence-corrected chi connectivity index (χ4v) is 4.73. The van der Waals surface area contributed by atoms with Crippen molar-refractivity contribution in [2.24, 2.45) is 5.14 Å². The highest BCUT2D eigenvalue weighted by molar-refractivity contribution is 7.99. The first kappa shape index (κ1) is 18.6. The number of benzene rings is 1. The van der Waals surface area contributed by atoms with E-state index in [1.54, 1.807) is 24.4 Å². The minimum absolute atomic E-state index is 0.0726. The third kappa shape index (κ3) is 4.70. The lowest BCUT2D eigenvalue weighted by Gasteiger charge is -2.08. The molecule has 0 saturated heterocycles. The number of thiophene rings is 1. The van der Waals surface area contributed by atoms with Crippen molar-refractivity contribution in [1.82, 2.24) is 10.3 Å². The van der Waals surface area contributed by atoms with Gasteiger partial charge in [-0.05, 0) is 36.4 Å². The Kier molecular flexibility index (Phi) is 5.72. The summed E-state index contributed by atoms with van der Waals surface area (Å²) >= 11 is 2.44. The largest absolute Gasteiger partial charge is 0.347 e. The van der Waals surface area contributed by atoms with E-state index in [2.05, 4.69) is 10.3 Å². The van der Waals surface area contributed by atoms with Gasteiger partial charge in [-0.25, -0.2) is 18.5 Å². The van der Waals surface area contributed by atoms with Crippen molar-refractivity contribution in [2.45, 2.75) is 20.7 Å². The number of carbonyl (C=O) groups excluding carboxylic acids is 1. The van der Waals surface area contributed by atoms with Crippen LogP contribution in [0.3, 0.4) is 0 Å². The number of sulfonamides is 1. The number of aromatic nitrogens is 1. The fraction of sp³-hybridized carbons (Fsp3) is 0.0588. The molecule has 0 spiro atoms. The second kappa shape index (κ2) is 8.00. The molecule has 1 aromatic carbocycles. The van der Waals surface area contributed by atoms with E-state index >= 15 is 0 Å². The molecule has 3 N–H and O–H groups in total. The van der Waals surface area contributed by atoms with E-state index in [-0.39, 0.29) is 16.7 Å². The number of carbonyl (C=O) groups is 1. The van der Waals surface area contributed by atoms with Crippen LogP contribution in [0.25, 0.3) is 0 Å². The Balaban J connectivity index is 1.71. The number of hydrogen-bond acceptors (Lipinski definition) is 6. The van der Waals surface area contributed by atoms with E-state index in [4.69, 9.17) is 5.14 Å². The number of hydrogen-bond donors (Lipinski definition) is 2. The molecule has 0 radical (unpaired) electrons. The second-order valence-corrected chi connectivity index (χ2v) is 9.24. The van der Waals surface area contributed by atoms with Crippen LogP contribution in [0, 0.1) is 0 Å². The van der Waals surface area contributed by atoms with Crippen LogP contribution in [0.5, 0.6) is 0 Å². The third-order valence-corrected chi connectivity index (χ3v) is 6.86. The Hall–Kier alpha value is -2.20. The average Bonchev–Trinajstić information content (AvgIpc) is 3.10. The molecule has 2 aromatic heterocycles. The highest BCUT2D eigenvalue weighted by Crippen LogP contribution is 2.28. The first-order chi connectivity index (χ1) is 12.4. The molecule has 2 heterocycles. The van der Waals surface area contributed by atoms with Crippen LogP contribution in [0.15, 0.2) is 74.9 Å². The number of nitrogens with one attached hydrogen (secondary N) is 1. The highest BCUT2D eigenvalue weighted by atomic mass is 32.2. The smallest absolute Gasteiger partial charge is 0.254 e. The van der Waals surface area contributed by atoms with Crippen molar-refractivity contribution >= 4 is 39.0 Å². The van der Waals surface area contributed by atoms with Crippen LogP contribution in [0.1, 0.15) is 15.2 Å². The molecule has 1 amide bonds. The van der Waals surface area contributed by atoms with Crippen LogP contribution in [0.2, 0.25) is 0 Å². The predicted molar refractivity (Wildman–Crippen MR) is 102 cm³/mol. The van der Waals surface area contributed by atoms with Gasteiger partial charge in [0.25, 0.3) is 5.91 Å². The molecule has 0 aliphatic carbocycles. The zero-order valence-corrected chi connectivity index (χ0v) is 15.9. The maximum Gasteiger partial charge on any atom is 0.254 e. The van der Waals surface area contributed by atoms with Crippen LogP contribution in [-0.2, 0) is 16.6 Å². The summed E-state index contributed by atoms with van der Waals surface area (Å²) < 4.78 is 22.7. The number of primary sulfonamides is 1. The molecule has 0 saturated carbocycles. The Bertz CT molecular complexity index is 1020. The maximum atomic E-state index is 12.5. The minimum atomic E-state index is -3.72. The van der Waals surface area contributed by atoms with Gasteiger partial charge in [0.05, 0.1) is 12.1 Å². The molecule has 9 heteroatoms. The van der Waals surface area contributed by atoms with E-state index in [1.807, 2.05) is 30.3 Å². The first-order valence-electron chi connectivity index (χ1n) is 7.51. The molecule has 0 aliphatic heterocycles. The molecule has 6 nitrogen and oxygen atoms in total. The summed E-state index contributed by atoms with van der Waals surface area (Å²) in [6, 6.07) is 16.1. The molecule has 26 heavy (non-hydrogen) atoms. The summed E-state index contributed by atoms with van der Waals surface area (Å²) in [5.41, 5.74) is 0.463. The van der Waals surface area contributed by atoms with Gasteiger partial charge < -0.3 is 5.32 Å². The summed E-state index contributed by atoms with van der Waals surface area (Å²) in [4.78, 5) is 18.5. The standard InChI is InChI=1S/C17H15N3O3S3/c18-26(22,23)15-9-8-13(24-15)11-20-16(21)14-7-4-10-19-17(14)25-12-5-2-1-3-6-12/h1-10H,11H2,(H,20,21)(H2,18,22,23). The Labute approximate surface area is 159 Å². The third-order valence-electron chi connectivity index (χ3n) is 3.31. The maximum absolute atomic E-state index is 12.5. The number of nitrogens with zero attached hydrogens (tertiary/aromatic N) is 1. The second-order valence-electron chi connectivity index (χ2n) is 5.22. The lowest BCUT2D eigenvalue weighted by Crippen LogP contribution is -2.23. The average molecular weight is 406 g/mol. The van der Waals surface area contributed by atoms with E-state index in [0.717, 1.165) is 16.2 Å². The van der Waals surface area contributed by atoms with Gasteiger partial charge in [-0.2, -0.15) is 0 Å². The number of rotatable bonds is 6. The molecular weight excluding hydrogens is 390 g/mol. The van der Waals surface area contributed by atoms with Gasteiger partial charge in [0.15, 0.2) is 0 Å². The topological polar surface area (TPSA) is 102 Å². The van der Waals surface area contributed by atoms with Crippen LogP contribution >= 0.6 is 23.1 Å². The Morgan fingerprint density at radius 3 is 2.58 bits per heavy atom. The van der Waals surface area contributed by atoms with Crippen LogP contribution in [0.4, 0.5) is 0 Å². The van der Waals surface area contributed by atoms with E-state index < -0.39 is 10.0 Å². The monoisotopic (exact) mass is 405 g/mol. The fourth-order valence-electron chi connectivity index (χ4n) is 2.11. The number of pyridine rings is 1. The molecule has 0 unspecified atom stereocenters. The lowest BCUT2D eigenvalue weighted by atomic mass is 10.2. The summed E-state index contributed by atoms with van der Waals surface area (Å²) in [5.74, 6) is -0.276. The molecule has 0 bridgehead atoms. The van der Waals surface area contributed by atoms with Gasteiger partial charge in [-0.15, -0.1) is 11.3 Å². The van der Waals surface area contributed by atoms with Gasteiger partial charge >= 0.3 is 0 Å². The van der Waals surface area contributed by atoms with Crippen molar-refractivity contribution in [1.29, 1.82) is 0 Å². The van der Waals surface area contributed by atoms with E-state index in [1.165, 1.54) is 17.8 Å². The Morgan fingerprint density at radius 1 is 1.12 bits per heavy atom. The summed E-state index contributed by atoms with van der Waals surface area (Å²) in [5, 5.41) is 8.49. The number of amides is 1. The molecule has 3 aromatic rings. The lowest BCUT2D eigenvalue weighted by molar-refractivity contribution is 0.0947. The van der Waals surface area contributed by atoms with Crippen LogP contribution in [-0.4, -0.2) is 19.3 Å². The minimum Gasteiger partial charge on any atom is -0.347 e. The molecule has 0 fully saturated rings. The van der Waals surface area contributed by atoms with Gasteiger partial charge in [-0.1, -0.05) is 30.0 Å². The Morgan fingerprint density at radius 2 is 1.88 bits per heavy atom. The summed E-state index contributed by atoms with van der Waals surface area (Å²) in [7, 11) is -3.72. The molecule has 0 aliphatic rings. The van der Waals surface area contributed by atoms with Gasteiger partial charge in [0.2, 0.25) is 10.0 Å². The normalized spacial score (nSPS) is 11.3. The predicted octanol–water partition coefficient (Wildman–Crippen LogP) is 2.87. The summed E-state index contributed by atoms with van der Waals surface area (Å²) in [6.07, 6.45) is 1.64. The first-order valence-corrected chi connectivity index (χ1v) is 10.7. The zero-order valence-electron chi connectivity index (χ0n) is 13.5. The SMILES string of the molecule is NS(=O)(=O)c1ccc(CNC(=O)c2cccnc2Sc2ccccc2)s1. The van der Waals surface area contributed by atoms with Crippen molar-refractivity contribution in [3.05, 3.63) is 71.2 Å². The van der Waals surface area contributed by atoms with Gasteiger partial charge in [0, 0.05) is 16.0 Å². The van der Waals surface area contributed by atoms with Crippen molar-refractivity contribution in [2.75, 3.05) is 0 Å². The molecule has 134 valence electrons. The van der Waals surface area contributed by atoms with Crippen molar-refractivity contribution in [3.63, 3.8) is 0 Å². The highest BCUT2D eigenvalue weighted by Gasteiger charge is 2.15. The van der Waals surface area contributed by atoms with Crippen molar-refractivity contribution in [3.8, 4) is 0 Å². The van der Waals surface area contributed by atoms with Crippen molar-refractivity contribution < 1.29 is 13.2 Å².